The number of aliphatic imine (C=N–C) groups is 1. The first-order valence-electron chi connectivity index (χ1n) is 8.84. The van der Waals surface area contributed by atoms with Gasteiger partial charge in [0.25, 0.3) is 0 Å². The van der Waals surface area contributed by atoms with Crippen LogP contribution in [0.4, 0.5) is 0 Å². The molecule has 3 N–H and O–H groups in total. The maximum Gasteiger partial charge on any atom is 0.191 e. The lowest BCUT2D eigenvalue weighted by Gasteiger charge is -2.22. The van der Waals surface area contributed by atoms with E-state index in [1.165, 1.54) is 0 Å². The SMILES string of the molecule is CCNC(=NCC(C)(O)c1cc(C)oc1C)NCCS(=O)(=O)C(C)(C)C.I. The summed E-state index contributed by atoms with van der Waals surface area (Å²) in [6.07, 6.45) is 0. The predicted molar refractivity (Wildman–Crippen MR) is 121 cm³/mol. The molecule has 1 atom stereocenters. The highest BCUT2D eigenvalue weighted by Gasteiger charge is 2.29. The first-order valence-corrected chi connectivity index (χ1v) is 10.5. The third-order valence-corrected chi connectivity index (χ3v) is 6.71. The molecule has 0 aliphatic heterocycles. The summed E-state index contributed by atoms with van der Waals surface area (Å²) in [5.74, 6) is 1.88. The first kappa shape index (κ1) is 26.2. The third kappa shape index (κ3) is 7.61. The van der Waals surface area contributed by atoms with Crippen molar-refractivity contribution in [2.75, 3.05) is 25.4 Å². The molecule has 0 aromatic carbocycles. The van der Waals surface area contributed by atoms with Gasteiger partial charge in [-0.25, -0.2) is 13.4 Å². The van der Waals surface area contributed by atoms with Crippen molar-refractivity contribution in [3.8, 4) is 0 Å². The Morgan fingerprint density at radius 2 is 1.81 bits per heavy atom. The van der Waals surface area contributed by atoms with Crippen LogP contribution in [-0.2, 0) is 15.4 Å². The third-order valence-electron chi connectivity index (χ3n) is 4.11. The maximum absolute atomic E-state index is 12.2. The zero-order chi connectivity index (χ0) is 20.2. The number of aryl methyl sites for hydroxylation is 2. The summed E-state index contributed by atoms with van der Waals surface area (Å²) in [4.78, 5) is 4.40. The Hall–Kier alpha value is -0.810. The summed E-state index contributed by atoms with van der Waals surface area (Å²) in [6, 6.07) is 1.81. The minimum atomic E-state index is -3.20. The number of nitrogens with one attached hydrogen (secondary N) is 2. The van der Waals surface area contributed by atoms with Gasteiger partial charge in [0.1, 0.15) is 17.1 Å². The highest BCUT2D eigenvalue weighted by atomic mass is 127. The largest absolute Gasteiger partial charge is 0.466 e. The molecule has 0 fully saturated rings. The Bertz CT molecular complexity index is 734. The number of guanidine groups is 1. The Balaban J connectivity index is 0.00000676. The molecule has 0 radical (unpaired) electrons. The molecule has 0 saturated heterocycles. The van der Waals surface area contributed by atoms with Crippen LogP contribution in [0.3, 0.4) is 0 Å². The molecule has 0 spiro atoms. The van der Waals surface area contributed by atoms with E-state index in [-0.39, 0.29) is 42.8 Å². The molecular formula is C18H34IN3O4S. The van der Waals surface area contributed by atoms with Gasteiger partial charge >= 0.3 is 0 Å². The summed E-state index contributed by atoms with van der Waals surface area (Å²) >= 11 is 0. The van der Waals surface area contributed by atoms with Gasteiger partial charge in [0.2, 0.25) is 0 Å². The average molecular weight is 515 g/mol. The van der Waals surface area contributed by atoms with E-state index in [0.29, 0.717) is 23.8 Å². The molecule has 27 heavy (non-hydrogen) atoms. The quantitative estimate of drug-likeness (QED) is 0.293. The van der Waals surface area contributed by atoms with E-state index in [2.05, 4.69) is 15.6 Å². The molecule has 0 aliphatic carbocycles. The summed E-state index contributed by atoms with van der Waals surface area (Å²) in [5, 5.41) is 16.8. The van der Waals surface area contributed by atoms with Gasteiger partial charge in [-0.1, -0.05) is 0 Å². The number of aliphatic hydroxyl groups is 1. The van der Waals surface area contributed by atoms with Crippen molar-refractivity contribution < 1.29 is 17.9 Å². The van der Waals surface area contributed by atoms with Crippen molar-refractivity contribution in [3.05, 3.63) is 23.2 Å². The lowest BCUT2D eigenvalue weighted by molar-refractivity contribution is 0.0657. The maximum atomic E-state index is 12.2. The summed E-state index contributed by atoms with van der Waals surface area (Å²) in [7, 11) is -3.20. The molecule has 9 heteroatoms. The van der Waals surface area contributed by atoms with Crippen LogP contribution in [0.2, 0.25) is 0 Å². The number of sulfone groups is 1. The molecule has 1 unspecified atom stereocenters. The van der Waals surface area contributed by atoms with Crippen molar-refractivity contribution in [1.29, 1.82) is 0 Å². The van der Waals surface area contributed by atoms with Gasteiger partial charge in [-0.2, -0.15) is 0 Å². The summed E-state index contributed by atoms with van der Waals surface area (Å²) in [5.41, 5.74) is -0.480. The van der Waals surface area contributed by atoms with Crippen molar-refractivity contribution in [2.24, 2.45) is 4.99 Å². The standard InChI is InChI=1S/C18H33N3O4S.HI/c1-8-19-16(20-9-10-26(23,24)17(4,5)6)21-12-18(7,22)15-11-13(2)25-14(15)3;/h11,22H,8-10,12H2,1-7H3,(H2,19,20,21);1H. The summed E-state index contributed by atoms with van der Waals surface area (Å²) in [6.45, 7) is 13.3. The first-order chi connectivity index (χ1) is 11.8. The fourth-order valence-electron chi connectivity index (χ4n) is 2.44. The van der Waals surface area contributed by atoms with Crippen molar-refractivity contribution in [1.82, 2.24) is 10.6 Å². The van der Waals surface area contributed by atoms with E-state index < -0.39 is 20.2 Å². The minimum Gasteiger partial charge on any atom is -0.466 e. The molecular weight excluding hydrogens is 481 g/mol. The Labute approximate surface area is 180 Å². The van der Waals surface area contributed by atoms with Crippen LogP contribution in [0.15, 0.2) is 15.5 Å². The van der Waals surface area contributed by atoms with E-state index in [9.17, 15) is 13.5 Å². The molecule has 1 aromatic rings. The second-order valence-electron chi connectivity index (χ2n) is 7.65. The Morgan fingerprint density at radius 1 is 1.22 bits per heavy atom. The number of hydrogen-bond acceptors (Lipinski definition) is 5. The lowest BCUT2D eigenvalue weighted by atomic mass is 9.96. The van der Waals surface area contributed by atoms with Crippen LogP contribution in [-0.4, -0.2) is 49.6 Å². The highest BCUT2D eigenvalue weighted by molar-refractivity contribution is 14.0. The van der Waals surface area contributed by atoms with E-state index in [1.54, 1.807) is 40.7 Å². The number of nitrogens with zero attached hydrogens (tertiary/aromatic N) is 1. The number of halogens is 1. The van der Waals surface area contributed by atoms with Gasteiger partial charge in [-0.3, -0.25) is 0 Å². The van der Waals surface area contributed by atoms with Gasteiger partial charge in [0.15, 0.2) is 15.8 Å². The van der Waals surface area contributed by atoms with Gasteiger partial charge in [-0.15, -0.1) is 24.0 Å². The van der Waals surface area contributed by atoms with E-state index in [1.807, 2.05) is 13.8 Å². The molecule has 0 aliphatic rings. The van der Waals surface area contributed by atoms with Crippen molar-refractivity contribution in [3.63, 3.8) is 0 Å². The number of hydrogen-bond donors (Lipinski definition) is 3. The van der Waals surface area contributed by atoms with E-state index >= 15 is 0 Å². The van der Waals surface area contributed by atoms with Crippen LogP contribution >= 0.6 is 24.0 Å². The second-order valence-corrected chi connectivity index (χ2v) is 10.5. The molecule has 1 aromatic heterocycles. The minimum absolute atomic E-state index is 0. The Kier molecular flexibility index (Phi) is 9.80. The highest BCUT2D eigenvalue weighted by Crippen LogP contribution is 2.27. The molecule has 1 rings (SSSR count). The number of rotatable bonds is 7. The van der Waals surface area contributed by atoms with Crippen molar-refractivity contribution >= 4 is 39.8 Å². The van der Waals surface area contributed by atoms with Crippen LogP contribution in [0.1, 0.15) is 51.7 Å². The van der Waals surface area contributed by atoms with E-state index in [4.69, 9.17) is 4.42 Å². The smallest absolute Gasteiger partial charge is 0.191 e. The molecule has 7 nitrogen and oxygen atoms in total. The van der Waals surface area contributed by atoms with Gasteiger partial charge in [-0.05, 0) is 54.5 Å². The molecule has 1 heterocycles. The fourth-order valence-corrected chi connectivity index (χ4v) is 3.42. The van der Waals surface area contributed by atoms with Crippen LogP contribution in [0.5, 0.6) is 0 Å². The Morgan fingerprint density at radius 3 is 2.26 bits per heavy atom. The van der Waals surface area contributed by atoms with Gasteiger partial charge in [0, 0.05) is 18.7 Å². The second kappa shape index (κ2) is 10.1. The number of furan rings is 1. The molecule has 158 valence electrons. The van der Waals surface area contributed by atoms with Crippen LogP contribution < -0.4 is 10.6 Å². The summed E-state index contributed by atoms with van der Waals surface area (Å²) < 4.78 is 29.1. The predicted octanol–water partition coefficient (Wildman–Crippen LogP) is 2.49. The van der Waals surface area contributed by atoms with Crippen LogP contribution in [0.25, 0.3) is 0 Å². The van der Waals surface area contributed by atoms with Gasteiger partial charge in [0.05, 0.1) is 17.0 Å². The average Bonchev–Trinajstić information content (AvgIpc) is 2.83. The zero-order valence-corrected chi connectivity index (χ0v) is 20.5. The van der Waals surface area contributed by atoms with Crippen LogP contribution in [0, 0.1) is 13.8 Å². The fraction of sp³-hybridized carbons (Fsp3) is 0.722. The molecule has 0 amide bonds. The molecule has 0 saturated carbocycles. The normalized spacial score (nSPS) is 15.0. The molecule has 0 bridgehead atoms. The zero-order valence-electron chi connectivity index (χ0n) is 17.3. The topological polar surface area (TPSA) is 104 Å². The van der Waals surface area contributed by atoms with Crippen molar-refractivity contribution in [2.45, 2.75) is 58.8 Å². The van der Waals surface area contributed by atoms with E-state index in [0.717, 1.165) is 5.76 Å². The lowest BCUT2D eigenvalue weighted by Crippen LogP contribution is -2.42. The monoisotopic (exact) mass is 515 g/mol. The van der Waals surface area contributed by atoms with Gasteiger partial charge < -0.3 is 20.2 Å².